The van der Waals surface area contributed by atoms with Crippen molar-refractivity contribution in [2.45, 2.75) is 0 Å². The quantitative estimate of drug-likeness (QED) is 0.465. The average Bonchev–Trinajstić information content (AvgIpc) is 1.43. The second kappa shape index (κ2) is 5.31. The monoisotopic (exact) mass is 312 g/mol. The standard InChI is InChI=1S/Co.H5O10P3/c;1-11(2,3)9-13(7,8)10-12(4,5)6/h;(H,7,8)(H2,1,2,3)(H2,4,5,6)/p-5. The fraction of sp³-hybridized carbons (Fsp3) is 0. The van der Waals surface area contributed by atoms with Gasteiger partial charge in [0, 0.05) is 16.8 Å². The molecule has 0 aromatic rings. The van der Waals surface area contributed by atoms with Crippen molar-refractivity contribution in [2.75, 3.05) is 0 Å². The van der Waals surface area contributed by atoms with E-state index in [9.17, 15) is 38.2 Å². The van der Waals surface area contributed by atoms with Crippen LogP contribution in [0, 0.1) is 0 Å². The molecule has 0 saturated carbocycles. The Morgan fingerprint density at radius 1 is 0.714 bits per heavy atom. The zero-order valence-electron chi connectivity index (χ0n) is 5.76. The van der Waals surface area contributed by atoms with Gasteiger partial charge in [-0.3, -0.25) is 13.2 Å². The van der Waals surface area contributed by atoms with Gasteiger partial charge in [-0.05, 0) is 0 Å². The van der Waals surface area contributed by atoms with Crippen LogP contribution in [0.2, 0.25) is 0 Å². The van der Waals surface area contributed by atoms with Crippen LogP contribution in [0.3, 0.4) is 0 Å². The van der Waals surface area contributed by atoms with Gasteiger partial charge in [0.25, 0.3) is 7.82 Å². The summed E-state index contributed by atoms with van der Waals surface area (Å²) in [4.78, 5) is 48.6. The molecule has 0 atom stereocenters. The van der Waals surface area contributed by atoms with Crippen molar-refractivity contribution < 1.29 is 63.6 Å². The second-order valence-electron chi connectivity index (χ2n) is 1.50. The summed E-state index contributed by atoms with van der Waals surface area (Å²) in [6, 6.07) is 0. The van der Waals surface area contributed by atoms with Crippen molar-refractivity contribution in [1.29, 1.82) is 0 Å². The summed E-state index contributed by atoms with van der Waals surface area (Å²) in [5, 5.41) is 0. The van der Waals surface area contributed by atoms with Crippen LogP contribution in [0.15, 0.2) is 0 Å². The molecular weight excluding hydrogens is 312 g/mol. The minimum absolute atomic E-state index is 0. The molecule has 0 aliphatic heterocycles. The maximum atomic E-state index is 10.1. The van der Waals surface area contributed by atoms with Gasteiger partial charge in [0.2, 0.25) is 0 Å². The Bertz CT molecular complexity index is 277. The third-order valence-electron chi connectivity index (χ3n) is 0.400. The second-order valence-corrected chi connectivity index (χ2v) is 5.49. The van der Waals surface area contributed by atoms with Gasteiger partial charge in [-0.1, -0.05) is 0 Å². The zero-order valence-corrected chi connectivity index (χ0v) is 9.48. The fourth-order valence-electron chi connectivity index (χ4n) is 0.260. The van der Waals surface area contributed by atoms with Gasteiger partial charge < -0.3 is 33.6 Å². The third kappa shape index (κ3) is 11.0. The van der Waals surface area contributed by atoms with E-state index in [1.807, 2.05) is 0 Å². The first-order valence-corrected chi connectivity index (χ1v) is 6.57. The Morgan fingerprint density at radius 3 is 1.07 bits per heavy atom. The van der Waals surface area contributed by atoms with Crippen molar-refractivity contribution in [2.24, 2.45) is 0 Å². The maximum absolute atomic E-state index is 10.1. The molecule has 0 bridgehead atoms. The Balaban J connectivity index is 0. The predicted molar refractivity (Wildman–Crippen MR) is 25.0 cm³/mol. The molecule has 89 valence electrons. The van der Waals surface area contributed by atoms with Gasteiger partial charge in [0.15, 0.2) is 0 Å². The molecule has 0 saturated heterocycles. The van der Waals surface area contributed by atoms with Crippen LogP contribution in [-0.2, 0) is 39.1 Å². The van der Waals surface area contributed by atoms with E-state index in [1.54, 1.807) is 0 Å². The van der Waals surface area contributed by atoms with E-state index < -0.39 is 23.5 Å². The van der Waals surface area contributed by atoms with Crippen LogP contribution in [0.1, 0.15) is 0 Å². The molecular formula is CoO10P3-5. The fourth-order valence-corrected chi connectivity index (χ4v) is 2.61. The van der Waals surface area contributed by atoms with Gasteiger partial charge in [-0.15, -0.1) is 0 Å². The molecule has 0 aromatic carbocycles. The Labute approximate surface area is 87.5 Å². The first-order valence-electron chi connectivity index (χ1n) is 2.19. The zero-order chi connectivity index (χ0) is 10.9. The van der Waals surface area contributed by atoms with Gasteiger partial charge in [0.05, 0.1) is 15.6 Å². The summed E-state index contributed by atoms with van der Waals surface area (Å²) >= 11 is 0. The van der Waals surface area contributed by atoms with Crippen molar-refractivity contribution in [3.05, 3.63) is 0 Å². The van der Waals surface area contributed by atoms with Gasteiger partial charge >= 0.3 is 0 Å². The number of hydrogen-bond acceptors (Lipinski definition) is 10. The van der Waals surface area contributed by atoms with E-state index in [0.717, 1.165) is 0 Å². The molecule has 0 aliphatic rings. The largest absolute Gasteiger partial charge is 0.790 e. The number of phosphoric acid groups is 3. The van der Waals surface area contributed by atoms with E-state index in [-0.39, 0.29) is 16.8 Å². The first-order chi connectivity index (χ1) is 5.41. The summed E-state index contributed by atoms with van der Waals surface area (Å²) in [6.45, 7) is 0. The topological polar surface area (TPSA) is 185 Å². The van der Waals surface area contributed by atoms with Crippen molar-refractivity contribution in [3.8, 4) is 0 Å². The SMILES string of the molecule is O=P([O-])([O-])OP(=O)([O-])OP(=O)([O-])[O-].[Co]. The summed E-state index contributed by atoms with van der Waals surface area (Å²) in [6.07, 6.45) is 0. The molecule has 0 fully saturated rings. The van der Waals surface area contributed by atoms with Gasteiger partial charge in [0.1, 0.15) is 0 Å². The molecule has 14 heteroatoms. The maximum Gasteiger partial charge on any atom is 0.275 e. The van der Waals surface area contributed by atoms with Crippen LogP contribution >= 0.6 is 23.5 Å². The van der Waals surface area contributed by atoms with E-state index >= 15 is 0 Å². The molecule has 0 heterocycles. The van der Waals surface area contributed by atoms with E-state index in [4.69, 9.17) is 0 Å². The summed E-state index contributed by atoms with van der Waals surface area (Å²) in [7, 11) is -17.9. The van der Waals surface area contributed by atoms with Crippen LogP contribution in [0.25, 0.3) is 0 Å². The van der Waals surface area contributed by atoms with E-state index in [1.165, 1.54) is 0 Å². The van der Waals surface area contributed by atoms with Crippen molar-refractivity contribution >= 4 is 23.5 Å². The first kappa shape index (κ1) is 17.3. The molecule has 0 unspecified atom stereocenters. The van der Waals surface area contributed by atoms with Crippen molar-refractivity contribution in [3.63, 3.8) is 0 Å². The predicted octanol–water partition coefficient (Wildman–Crippen LogP) is -3.86. The molecule has 0 aromatic heterocycles. The van der Waals surface area contributed by atoms with E-state index in [2.05, 4.69) is 8.62 Å². The smallest absolute Gasteiger partial charge is 0.275 e. The van der Waals surface area contributed by atoms with Crippen LogP contribution in [0.5, 0.6) is 0 Å². The number of rotatable bonds is 4. The van der Waals surface area contributed by atoms with Crippen LogP contribution in [-0.4, -0.2) is 0 Å². The average molecular weight is 312 g/mol. The Morgan fingerprint density at radius 2 is 0.929 bits per heavy atom. The summed E-state index contributed by atoms with van der Waals surface area (Å²) in [5.41, 5.74) is 0. The molecule has 0 amide bonds. The molecule has 1 radical (unpaired) electrons. The summed E-state index contributed by atoms with van der Waals surface area (Å²) in [5.74, 6) is 0. The molecule has 14 heavy (non-hydrogen) atoms. The van der Waals surface area contributed by atoms with Gasteiger partial charge in [-0.2, -0.15) is 0 Å². The minimum atomic E-state index is -5.97. The minimum Gasteiger partial charge on any atom is -0.790 e. The van der Waals surface area contributed by atoms with Crippen LogP contribution < -0.4 is 24.5 Å². The Hall–Kier alpha value is 0.916. The Kier molecular flexibility index (Phi) is 6.56. The molecule has 0 spiro atoms. The third-order valence-corrected chi connectivity index (χ3v) is 3.60. The molecule has 0 rings (SSSR count). The van der Waals surface area contributed by atoms with Crippen LogP contribution in [0.4, 0.5) is 0 Å². The summed E-state index contributed by atoms with van der Waals surface area (Å²) < 4.78 is 34.7. The molecule has 10 nitrogen and oxygen atoms in total. The van der Waals surface area contributed by atoms with Crippen molar-refractivity contribution in [1.82, 2.24) is 0 Å². The van der Waals surface area contributed by atoms with E-state index in [0.29, 0.717) is 0 Å². The molecule has 0 aliphatic carbocycles. The number of hydrogen-bond donors (Lipinski definition) is 0. The molecule has 0 N–H and O–H groups in total. The van der Waals surface area contributed by atoms with Gasteiger partial charge in [-0.25, -0.2) is 0 Å². The normalized spacial score (nSPS) is 13.5.